The highest BCUT2D eigenvalue weighted by Crippen LogP contribution is 2.37. The maximum Gasteiger partial charge on any atom is 0.261 e. The summed E-state index contributed by atoms with van der Waals surface area (Å²) >= 11 is 6.08. The van der Waals surface area contributed by atoms with Crippen LogP contribution in [-0.4, -0.2) is 22.8 Å². The Morgan fingerprint density at radius 2 is 1.50 bits per heavy atom. The molecular weight excluding hydrogens is 322 g/mol. The number of hydrogen-bond donors (Lipinski definition) is 0. The zero-order chi connectivity index (χ0) is 16.7. The lowest BCUT2D eigenvalue weighted by molar-refractivity contribution is 0.0555. The van der Waals surface area contributed by atoms with Crippen LogP contribution >= 0.6 is 11.6 Å². The van der Waals surface area contributed by atoms with Crippen molar-refractivity contribution in [1.29, 1.82) is 0 Å². The first kappa shape index (κ1) is 15.4. The molecule has 0 atom stereocenters. The van der Waals surface area contributed by atoms with Crippen LogP contribution in [0.5, 0.6) is 0 Å². The van der Waals surface area contributed by atoms with E-state index in [1.54, 1.807) is 24.3 Å². The maximum atomic E-state index is 12.6. The number of halogens is 1. The summed E-state index contributed by atoms with van der Waals surface area (Å²) in [5, 5.41) is 0.738. The second-order valence-corrected chi connectivity index (χ2v) is 6.81. The monoisotopic (exact) mass is 338 g/mol. The number of fused-ring (bicyclic) bond motifs is 1. The van der Waals surface area contributed by atoms with Gasteiger partial charge in [-0.15, -0.1) is 0 Å². The quantitative estimate of drug-likeness (QED) is 0.756. The van der Waals surface area contributed by atoms with E-state index < -0.39 is 0 Å². The van der Waals surface area contributed by atoms with Gasteiger partial charge >= 0.3 is 0 Å². The molecule has 1 aliphatic heterocycles. The van der Waals surface area contributed by atoms with Crippen LogP contribution in [0.25, 0.3) is 0 Å². The molecule has 1 saturated carbocycles. The fourth-order valence-electron chi connectivity index (χ4n) is 3.75. The van der Waals surface area contributed by atoms with Gasteiger partial charge in [-0.25, -0.2) is 0 Å². The Balaban J connectivity index is 1.49. The predicted octanol–water partition coefficient (Wildman–Crippen LogP) is 4.50. The molecule has 3 nitrogen and oxygen atoms in total. The Kier molecular flexibility index (Phi) is 3.89. The van der Waals surface area contributed by atoms with Gasteiger partial charge in [-0.2, -0.15) is 0 Å². The minimum absolute atomic E-state index is 0.0136. The van der Waals surface area contributed by atoms with Crippen LogP contribution in [0.2, 0.25) is 5.02 Å². The predicted molar refractivity (Wildman–Crippen MR) is 93.0 cm³/mol. The zero-order valence-corrected chi connectivity index (χ0v) is 13.9. The van der Waals surface area contributed by atoms with Crippen molar-refractivity contribution in [1.82, 2.24) is 4.90 Å². The molecule has 2 amide bonds. The Morgan fingerprint density at radius 3 is 2.08 bits per heavy atom. The van der Waals surface area contributed by atoms with E-state index in [-0.39, 0.29) is 17.9 Å². The van der Waals surface area contributed by atoms with Crippen LogP contribution in [0, 0.1) is 5.92 Å². The third-order valence-corrected chi connectivity index (χ3v) is 5.22. The minimum atomic E-state index is -0.146. The van der Waals surface area contributed by atoms with Gasteiger partial charge in [-0.05, 0) is 55.5 Å². The molecule has 0 unspecified atom stereocenters. The average Bonchev–Trinajstić information content (AvgIpc) is 2.87. The third kappa shape index (κ3) is 2.53. The Bertz CT molecular complexity index is 774. The highest BCUT2D eigenvalue weighted by Gasteiger charge is 2.41. The topological polar surface area (TPSA) is 37.4 Å². The SMILES string of the molecule is O=C1c2ccccc2C(=O)N1C1CC[C](c2cccc(Cl)c2)CC1. The van der Waals surface area contributed by atoms with Crippen LogP contribution in [0.4, 0.5) is 0 Å². The molecule has 24 heavy (non-hydrogen) atoms. The number of carbonyl (C=O) groups is 2. The normalized spacial score (nSPS) is 19.0. The van der Waals surface area contributed by atoms with Gasteiger partial charge in [0.05, 0.1) is 11.1 Å². The molecule has 4 rings (SSSR count). The van der Waals surface area contributed by atoms with E-state index in [9.17, 15) is 9.59 Å². The summed E-state index contributed by atoms with van der Waals surface area (Å²) in [4.78, 5) is 26.6. The first-order valence-corrected chi connectivity index (χ1v) is 8.60. The molecule has 4 heteroatoms. The van der Waals surface area contributed by atoms with Crippen LogP contribution in [0.1, 0.15) is 52.0 Å². The molecule has 0 N–H and O–H groups in total. The maximum absolute atomic E-state index is 12.6. The number of imide groups is 1. The highest BCUT2D eigenvalue weighted by molar-refractivity contribution is 6.30. The van der Waals surface area contributed by atoms with E-state index in [1.165, 1.54) is 16.4 Å². The Labute approximate surface area is 146 Å². The first-order valence-electron chi connectivity index (χ1n) is 8.22. The molecule has 1 fully saturated rings. The van der Waals surface area contributed by atoms with Gasteiger partial charge in [0.25, 0.3) is 11.8 Å². The zero-order valence-electron chi connectivity index (χ0n) is 13.2. The Hall–Kier alpha value is -2.13. The molecule has 0 aromatic heterocycles. The summed E-state index contributed by atoms with van der Waals surface area (Å²) in [6.45, 7) is 0. The fourth-order valence-corrected chi connectivity index (χ4v) is 3.94. The number of rotatable bonds is 2. The standard InChI is InChI=1S/C20H17ClNO2/c21-15-5-3-4-14(12-15)13-8-10-16(11-9-13)22-19(23)17-6-1-2-7-18(17)20(22)24/h1-7,12,16H,8-11H2. The van der Waals surface area contributed by atoms with Crippen molar-refractivity contribution in [2.45, 2.75) is 31.7 Å². The van der Waals surface area contributed by atoms with Gasteiger partial charge in [-0.3, -0.25) is 14.5 Å². The molecule has 0 spiro atoms. The molecule has 1 heterocycles. The van der Waals surface area contributed by atoms with Crippen LogP contribution in [0.15, 0.2) is 48.5 Å². The van der Waals surface area contributed by atoms with Gasteiger partial charge in [0, 0.05) is 17.0 Å². The minimum Gasteiger partial charge on any atom is -0.271 e. The van der Waals surface area contributed by atoms with Crippen molar-refractivity contribution in [2.75, 3.05) is 0 Å². The molecule has 121 valence electrons. The van der Waals surface area contributed by atoms with Crippen molar-refractivity contribution in [2.24, 2.45) is 0 Å². The molecule has 2 aromatic carbocycles. The van der Waals surface area contributed by atoms with Crippen molar-refractivity contribution >= 4 is 23.4 Å². The molecule has 0 bridgehead atoms. The Morgan fingerprint density at radius 1 is 0.875 bits per heavy atom. The number of carbonyl (C=O) groups excluding carboxylic acids is 2. The van der Waals surface area contributed by atoms with Crippen LogP contribution in [-0.2, 0) is 0 Å². The lowest BCUT2D eigenvalue weighted by atomic mass is 9.81. The van der Waals surface area contributed by atoms with E-state index in [0.717, 1.165) is 30.7 Å². The van der Waals surface area contributed by atoms with E-state index >= 15 is 0 Å². The van der Waals surface area contributed by atoms with E-state index in [1.807, 2.05) is 18.2 Å². The van der Waals surface area contributed by atoms with Gasteiger partial charge in [0.15, 0.2) is 0 Å². The van der Waals surface area contributed by atoms with E-state index in [2.05, 4.69) is 6.07 Å². The molecule has 1 radical (unpaired) electrons. The number of hydrogen-bond acceptors (Lipinski definition) is 2. The second kappa shape index (κ2) is 6.06. The summed E-state index contributed by atoms with van der Waals surface area (Å²) in [5.74, 6) is 1.06. The van der Waals surface area contributed by atoms with Crippen molar-refractivity contribution < 1.29 is 9.59 Å². The van der Waals surface area contributed by atoms with Gasteiger partial charge in [0.1, 0.15) is 0 Å². The molecule has 2 aliphatic rings. The fraction of sp³-hybridized carbons (Fsp3) is 0.250. The first-order chi connectivity index (χ1) is 11.6. The number of amides is 2. The average molecular weight is 339 g/mol. The van der Waals surface area contributed by atoms with Gasteiger partial charge < -0.3 is 0 Å². The van der Waals surface area contributed by atoms with Gasteiger partial charge in [-0.1, -0.05) is 35.9 Å². The summed E-state index contributed by atoms with van der Waals surface area (Å²) in [7, 11) is 0. The summed E-state index contributed by atoms with van der Waals surface area (Å²) in [6.07, 6.45) is 3.40. The van der Waals surface area contributed by atoms with Gasteiger partial charge in [0.2, 0.25) is 0 Å². The number of benzene rings is 2. The second-order valence-electron chi connectivity index (χ2n) is 6.37. The molecule has 1 aliphatic carbocycles. The highest BCUT2D eigenvalue weighted by atomic mass is 35.5. The number of nitrogens with zero attached hydrogens (tertiary/aromatic N) is 1. The van der Waals surface area contributed by atoms with Crippen molar-refractivity contribution in [3.63, 3.8) is 0 Å². The van der Waals surface area contributed by atoms with Crippen molar-refractivity contribution in [3.8, 4) is 0 Å². The third-order valence-electron chi connectivity index (χ3n) is 4.98. The lowest BCUT2D eigenvalue weighted by Crippen LogP contribution is -2.41. The smallest absolute Gasteiger partial charge is 0.261 e. The largest absolute Gasteiger partial charge is 0.271 e. The molecule has 0 saturated heterocycles. The van der Waals surface area contributed by atoms with E-state index in [4.69, 9.17) is 11.6 Å². The van der Waals surface area contributed by atoms with Crippen LogP contribution < -0.4 is 0 Å². The van der Waals surface area contributed by atoms with Crippen LogP contribution in [0.3, 0.4) is 0 Å². The van der Waals surface area contributed by atoms with Crippen molar-refractivity contribution in [3.05, 3.63) is 76.2 Å². The molecular formula is C20H17ClNO2. The summed E-state index contributed by atoms with van der Waals surface area (Å²) in [5.41, 5.74) is 2.24. The van der Waals surface area contributed by atoms with E-state index in [0.29, 0.717) is 11.1 Å². The molecule has 2 aromatic rings. The summed E-state index contributed by atoms with van der Waals surface area (Å²) < 4.78 is 0. The lowest BCUT2D eigenvalue weighted by Gasteiger charge is -2.33. The summed E-state index contributed by atoms with van der Waals surface area (Å²) in [6, 6.07) is 15.0.